The van der Waals surface area contributed by atoms with Crippen LogP contribution in [0.15, 0.2) is 12.2 Å². The van der Waals surface area contributed by atoms with Crippen LogP contribution >= 0.6 is 0 Å². The second-order valence-corrected chi connectivity index (χ2v) is 4.12. The maximum absolute atomic E-state index is 10.1. The summed E-state index contributed by atoms with van der Waals surface area (Å²) < 4.78 is 0. The van der Waals surface area contributed by atoms with Gasteiger partial charge < -0.3 is 5.11 Å². The first-order chi connectivity index (χ1) is 5.66. The van der Waals surface area contributed by atoms with E-state index in [0.717, 1.165) is 32.1 Å². The highest BCUT2D eigenvalue weighted by molar-refractivity contribution is 5.05. The van der Waals surface area contributed by atoms with Crippen LogP contribution in [0.3, 0.4) is 0 Å². The summed E-state index contributed by atoms with van der Waals surface area (Å²) >= 11 is 0. The van der Waals surface area contributed by atoms with Gasteiger partial charge in [-0.3, -0.25) is 0 Å². The quantitative estimate of drug-likeness (QED) is 0.642. The van der Waals surface area contributed by atoms with Gasteiger partial charge in [0.1, 0.15) is 0 Å². The molecule has 2 atom stereocenters. The molecule has 1 aliphatic carbocycles. The third-order valence-corrected chi connectivity index (χ3v) is 2.81. The monoisotopic (exact) mass is 168 g/mol. The molecule has 0 aromatic carbocycles. The molecule has 0 aromatic rings. The Balaban J connectivity index is 2.47. The van der Waals surface area contributed by atoms with E-state index in [-0.39, 0.29) is 0 Å². The molecule has 1 heteroatoms. The van der Waals surface area contributed by atoms with Gasteiger partial charge >= 0.3 is 0 Å². The largest absolute Gasteiger partial charge is 0.386 e. The lowest BCUT2D eigenvalue weighted by Crippen LogP contribution is -2.29. The molecule has 0 aromatic heterocycles. The van der Waals surface area contributed by atoms with E-state index in [1.54, 1.807) is 0 Å². The highest BCUT2D eigenvalue weighted by Gasteiger charge is 2.26. The van der Waals surface area contributed by atoms with Crippen molar-refractivity contribution < 1.29 is 5.11 Å². The van der Waals surface area contributed by atoms with Crippen molar-refractivity contribution in [1.82, 2.24) is 0 Å². The lowest BCUT2D eigenvalue weighted by molar-refractivity contribution is 0.0501. The van der Waals surface area contributed by atoms with Gasteiger partial charge in [-0.25, -0.2) is 0 Å². The van der Waals surface area contributed by atoms with E-state index in [1.807, 2.05) is 6.08 Å². The van der Waals surface area contributed by atoms with Gasteiger partial charge in [0, 0.05) is 0 Å². The van der Waals surface area contributed by atoms with E-state index >= 15 is 0 Å². The summed E-state index contributed by atoms with van der Waals surface area (Å²) in [5, 5.41) is 10.1. The highest BCUT2D eigenvalue weighted by Crippen LogP contribution is 2.29. The number of hydrogen-bond donors (Lipinski definition) is 1. The zero-order valence-electron chi connectivity index (χ0n) is 8.21. The summed E-state index contributed by atoms with van der Waals surface area (Å²) in [7, 11) is 0. The summed E-state index contributed by atoms with van der Waals surface area (Å²) in [4.78, 5) is 0. The molecule has 0 fully saturated rings. The fraction of sp³-hybridized carbons (Fsp3) is 0.818. The van der Waals surface area contributed by atoms with Gasteiger partial charge in [-0.15, -0.1) is 0 Å². The first kappa shape index (κ1) is 9.79. The Morgan fingerprint density at radius 2 is 2.33 bits per heavy atom. The molecule has 0 heterocycles. The smallest absolute Gasteiger partial charge is 0.0830 e. The van der Waals surface area contributed by atoms with Gasteiger partial charge in [0.25, 0.3) is 0 Å². The maximum Gasteiger partial charge on any atom is 0.0830 e. The van der Waals surface area contributed by atoms with E-state index in [4.69, 9.17) is 0 Å². The summed E-state index contributed by atoms with van der Waals surface area (Å²) in [5.74, 6) is 0.637. The normalized spacial score (nSPS) is 31.9. The van der Waals surface area contributed by atoms with Crippen molar-refractivity contribution in [1.29, 1.82) is 0 Å². The molecule has 0 radical (unpaired) electrons. The van der Waals surface area contributed by atoms with Gasteiger partial charge in [0.2, 0.25) is 0 Å². The van der Waals surface area contributed by atoms with Crippen molar-refractivity contribution >= 4 is 0 Å². The first-order valence-electron chi connectivity index (χ1n) is 5.06. The minimum absolute atomic E-state index is 0.478. The molecule has 0 saturated heterocycles. The molecule has 70 valence electrons. The summed E-state index contributed by atoms with van der Waals surface area (Å²) in [6.07, 6.45) is 9.45. The molecule has 1 nitrogen and oxygen atoms in total. The van der Waals surface area contributed by atoms with Crippen LogP contribution < -0.4 is 0 Å². The molecule has 2 unspecified atom stereocenters. The Hall–Kier alpha value is -0.300. The summed E-state index contributed by atoms with van der Waals surface area (Å²) in [5.41, 5.74) is -0.478. The molecular weight excluding hydrogens is 148 g/mol. The standard InChI is InChI=1S/C11H20O/c1-3-10(2)9-11(12)7-5-4-6-8-11/h5,7,10,12H,3-4,6,8-9H2,1-2H3. The molecule has 0 spiro atoms. The Labute approximate surface area is 75.5 Å². The maximum atomic E-state index is 10.1. The Morgan fingerprint density at radius 1 is 1.58 bits per heavy atom. The number of rotatable bonds is 3. The highest BCUT2D eigenvalue weighted by atomic mass is 16.3. The second kappa shape index (κ2) is 4.08. The fourth-order valence-corrected chi connectivity index (χ4v) is 1.83. The first-order valence-corrected chi connectivity index (χ1v) is 5.06. The average molecular weight is 168 g/mol. The minimum Gasteiger partial charge on any atom is -0.386 e. The topological polar surface area (TPSA) is 20.2 Å². The van der Waals surface area contributed by atoms with Crippen LogP contribution in [0.5, 0.6) is 0 Å². The molecule has 1 N–H and O–H groups in total. The van der Waals surface area contributed by atoms with Crippen LogP contribution in [0.4, 0.5) is 0 Å². The molecule has 0 aliphatic heterocycles. The zero-order chi connectivity index (χ0) is 9.03. The molecule has 0 amide bonds. The molecule has 0 saturated carbocycles. The predicted molar refractivity (Wildman–Crippen MR) is 52.0 cm³/mol. The van der Waals surface area contributed by atoms with Crippen LogP contribution in [-0.2, 0) is 0 Å². The Kier molecular flexibility index (Phi) is 3.33. The molecule has 12 heavy (non-hydrogen) atoms. The van der Waals surface area contributed by atoms with Crippen molar-refractivity contribution in [2.24, 2.45) is 5.92 Å². The van der Waals surface area contributed by atoms with E-state index in [0.29, 0.717) is 5.92 Å². The third-order valence-electron chi connectivity index (χ3n) is 2.81. The molecular formula is C11H20O. The SMILES string of the molecule is CCC(C)CC1(O)C=CCCC1. The lowest BCUT2D eigenvalue weighted by Gasteiger charge is -2.29. The van der Waals surface area contributed by atoms with Crippen LogP contribution in [-0.4, -0.2) is 10.7 Å². The molecule has 1 rings (SSSR count). The lowest BCUT2D eigenvalue weighted by atomic mass is 9.83. The van der Waals surface area contributed by atoms with E-state index in [2.05, 4.69) is 19.9 Å². The number of hydrogen-bond acceptors (Lipinski definition) is 1. The zero-order valence-corrected chi connectivity index (χ0v) is 8.21. The second-order valence-electron chi connectivity index (χ2n) is 4.12. The van der Waals surface area contributed by atoms with Gasteiger partial charge in [-0.05, 0) is 31.6 Å². The van der Waals surface area contributed by atoms with Gasteiger partial charge in [-0.1, -0.05) is 32.4 Å². The molecule has 1 aliphatic rings. The van der Waals surface area contributed by atoms with Crippen LogP contribution in [0.1, 0.15) is 46.0 Å². The minimum atomic E-state index is -0.478. The van der Waals surface area contributed by atoms with Crippen molar-refractivity contribution in [3.8, 4) is 0 Å². The third kappa shape index (κ3) is 2.63. The van der Waals surface area contributed by atoms with Gasteiger partial charge in [-0.2, -0.15) is 0 Å². The van der Waals surface area contributed by atoms with Crippen LogP contribution in [0.2, 0.25) is 0 Å². The van der Waals surface area contributed by atoms with E-state index in [1.165, 1.54) is 0 Å². The van der Waals surface area contributed by atoms with Crippen LogP contribution in [0, 0.1) is 5.92 Å². The van der Waals surface area contributed by atoms with Crippen molar-refractivity contribution in [3.63, 3.8) is 0 Å². The molecule has 0 bridgehead atoms. The van der Waals surface area contributed by atoms with Gasteiger partial charge in [0.05, 0.1) is 5.60 Å². The van der Waals surface area contributed by atoms with Crippen LogP contribution in [0.25, 0.3) is 0 Å². The van der Waals surface area contributed by atoms with E-state index in [9.17, 15) is 5.11 Å². The predicted octanol–water partition coefficient (Wildman–Crippen LogP) is 2.89. The summed E-state index contributed by atoms with van der Waals surface area (Å²) in [6, 6.07) is 0. The van der Waals surface area contributed by atoms with Crippen molar-refractivity contribution in [3.05, 3.63) is 12.2 Å². The fourth-order valence-electron chi connectivity index (χ4n) is 1.83. The number of allylic oxidation sites excluding steroid dienone is 1. The average Bonchev–Trinajstić information content (AvgIpc) is 2.05. The van der Waals surface area contributed by atoms with Gasteiger partial charge in [0.15, 0.2) is 0 Å². The summed E-state index contributed by atoms with van der Waals surface area (Å²) in [6.45, 7) is 4.39. The Bertz CT molecular complexity index is 162. The Morgan fingerprint density at radius 3 is 2.83 bits per heavy atom. The van der Waals surface area contributed by atoms with E-state index < -0.39 is 5.60 Å². The number of aliphatic hydroxyl groups is 1. The van der Waals surface area contributed by atoms with Crippen molar-refractivity contribution in [2.75, 3.05) is 0 Å². The van der Waals surface area contributed by atoms with Crippen molar-refractivity contribution in [2.45, 2.75) is 51.6 Å².